The Bertz CT molecular complexity index is 1140. The zero-order chi connectivity index (χ0) is 23.0. The van der Waals surface area contributed by atoms with Crippen molar-refractivity contribution < 1.29 is 18.7 Å². The highest BCUT2D eigenvalue weighted by Crippen LogP contribution is 2.46. The minimum atomic E-state index is -1.03. The molecule has 3 heterocycles. The molecule has 3 aliphatic rings. The Labute approximate surface area is 191 Å². The molecule has 0 bridgehead atoms. The lowest BCUT2D eigenvalue weighted by molar-refractivity contribution is -0.0363. The Morgan fingerprint density at radius 2 is 1.97 bits per heavy atom. The normalized spacial score (nSPS) is 22.8. The van der Waals surface area contributed by atoms with Gasteiger partial charge in [-0.15, -0.1) is 0 Å². The number of aromatic nitrogens is 2. The molecule has 0 radical (unpaired) electrons. The monoisotopic (exact) mass is 452 g/mol. The van der Waals surface area contributed by atoms with Crippen LogP contribution in [0, 0.1) is 17.6 Å². The topological polar surface area (TPSA) is 70.8 Å². The number of hydrogen-bond acceptors (Lipinski definition) is 6. The standard InChI is InChI=1S/C25H26F2N4O2/c1-16-3-2-4-19-15-33-25(22(16)19)7-9-31(10-8-25)14-17-12-28-24(29-13-17)23(30-32)18-5-6-20(26)21(27)11-18/h2,4-6,11-13,16,32H,3,7-10,14-15H2,1H3/b30-23+. The van der Waals surface area contributed by atoms with Crippen LogP contribution in [-0.2, 0) is 11.3 Å². The third-order valence-corrected chi connectivity index (χ3v) is 6.92. The van der Waals surface area contributed by atoms with Gasteiger partial charge in [-0.3, -0.25) is 4.90 Å². The van der Waals surface area contributed by atoms with Crippen LogP contribution < -0.4 is 0 Å². The fraction of sp³-hybridized carbons (Fsp3) is 0.400. The van der Waals surface area contributed by atoms with Gasteiger partial charge in [-0.05, 0) is 54.5 Å². The summed E-state index contributed by atoms with van der Waals surface area (Å²) in [5, 5.41) is 12.6. The summed E-state index contributed by atoms with van der Waals surface area (Å²) in [5.41, 5.74) is 3.87. The van der Waals surface area contributed by atoms with Crippen LogP contribution >= 0.6 is 0 Å². The van der Waals surface area contributed by atoms with E-state index in [0.29, 0.717) is 12.5 Å². The molecule has 2 aliphatic heterocycles. The van der Waals surface area contributed by atoms with E-state index in [1.807, 2.05) is 0 Å². The summed E-state index contributed by atoms with van der Waals surface area (Å²) in [5.74, 6) is -1.32. The number of oxime groups is 1. The molecule has 33 heavy (non-hydrogen) atoms. The van der Waals surface area contributed by atoms with Crippen molar-refractivity contribution in [3.63, 3.8) is 0 Å². The number of benzene rings is 1. The second-order valence-corrected chi connectivity index (χ2v) is 9.03. The zero-order valence-corrected chi connectivity index (χ0v) is 18.5. The van der Waals surface area contributed by atoms with Crippen molar-refractivity contribution in [1.29, 1.82) is 0 Å². The molecular weight excluding hydrogens is 426 g/mol. The molecule has 1 spiro atoms. The molecule has 172 valence electrons. The number of fused-ring (bicyclic) bond motifs is 1. The lowest BCUT2D eigenvalue weighted by Gasteiger charge is -2.42. The van der Waals surface area contributed by atoms with Crippen molar-refractivity contribution in [2.24, 2.45) is 11.1 Å². The molecule has 1 N–H and O–H groups in total. The van der Waals surface area contributed by atoms with Gasteiger partial charge in [0.25, 0.3) is 0 Å². The van der Waals surface area contributed by atoms with Crippen molar-refractivity contribution in [3.8, 4) is 0 Å². The molecule has 1 aromatic heterocycles. The summed E-state index contributed by atoms with van der Waals surface area (Å²) < 4.78 is 33.1. The van der Waals surface area contributed by atoms with E-state index in [-0.39, 0.29) is 22.7 Å². The molecule has 1 unspecified atom stereocenters. The number of allylic oxidation sites excluding steroid dienone is 1. The number of likely N-dealkylation sites (tertiary alicyclic amines) is 1. The van der Waals surface area contributed by atoms with Gasteiger partial charge in [0.2, 0.25) is 0 Å². The van der Waals surface area contributed by atoms with Crippen molar-refractivity contribution in [3.05, 3.63) is 82.5 Å². The fourth-order valence-corrected chi connectivity index (χ4v) is 5.28. The Kier molecular flexibility index (Phi) is 5.80. The number of piperidine rings is 1. The van der Waals surface area contributed by atoms with E-state index in [1.165, 1.54) is 17.2 Å². The van der Waals surface area contributed by atoms with Gasteiger partial charge in [0.1, 0.15) is 0 Å². The first kappa shape index (κ1) is 21.9. The van der Waals surface area contributed by atoms with Crippen LogP contribution in [0.1, 0.15) is 43.1 Å². The van der Waals surface area contributed by atoms with Gasteiger partial charge in [-0.25, -0.2) is 18.7 Å². The second-order valence-electron chi connectivity index (χ2n) is 9.03. The fourth-order valence-electron chi connectivity index (χ4n) is 5.28. The van der Waals surface area contributed by atoms with Crippen molar-refractivity contribution in [1.82, 2.24) is 14.9 Å². The largest absolute Gasteiger partial charge is 0.410 e. The van der Waals surface area contributed by atoms with Crippen molar-refractivity contribution >= 4 is 5.71 Å². The summed E-state index contributed by atoms with van der Waals surface area (Å²) in [6.07, 6.45) is 10.9. The second kappa shape index (κ2) is 8.76. The molecule has 1 aromatic carbocycles. The molecule has 8 heteroatoms. The predicted molar refractivity (Wildman–Crippen MR) is 119 cm³/mol. The summed E-state index contributed by atoms with van der Waals surface area (Å²) in [4.78, 5) is 11.0. The molecule has 5 rings (SSSR count). The van der Waals surface area contributed by atoms with E-state index >= 15 is 0 Å². The molecule has 0 saturated carbocycles. The third kappa shape index (κ3) is 4.09. The molecule has 2 aromatic rings. The van der Waals surface area contributed by atoms with Gasteiger partial charge in [-0.2, -0.15) is 0 Å². The molecule has 1 saturated heterocycles. The third-order valence-electron chi connectivity index (χ3n) is 6.92. The van der Waals surface area contributed by atoms with Crippen LogP contribution in [0.25, 0.3) is 0 Å². The van der Waals surface area contributed by atoms with Crippen LogP contribution in [0.15, 0.2) is 59.0 Å². The first-order chi connectivity index (χ1) is 16.0. The van der Waals surface area contributed by atoms with Crippen LogP contribution in [0.4, 0.5) is 8.78 Å². The Morgan fingerprint density at radius 1 is 1.21 bits per heavy atom. The maximum Gasteiger partial charge on any atom is 0.182 e. The maximum atomic E-state index is 13.6. The highest BCUT2D eigenvalue weighted by Gasteiger charge is 2.45. The molecule has 6 nitrogen and oxygen atoms in total. The zero-order valence-electron chi connectivity index (χ0n) is 18.5. The van der Waals surface area contributed by atoms with Gasteiger partial charge in [0, 0.05) is 43.2 Å². The van der Waals surface area contributed by atoms with E-state index in [2.05, 4.69) is 39.1 Å². The molecule has 1 aliphatic carbocycles. The number of nitrogens with zero attached hydrogens (tertiary/aromatic N) is 4. The van der Waals surface area contributed by atoms with Crippen LogP contribution in [-0.4, -0.2) is 51.1 Å². The average Bonchev–Trinajstić information content (AvgIpc) is 3.19. The van der Waals surface area contributed by atoms with E-state index in [1.54, 1.807) is 12.4 Å². The van der Waals surface area contributed by atoms with E-state index in [0.717, 1.165) is 56.7 Å². The van der Waals surface area contributed by atoms with Crippen molar-refractivity contribution in [2.45, 2.75) is 38.3 Å². The summed E-state index contributed by atoms with van der Waals surface area (Å²) >= 11 is 0. The average molecular weight is 453 g/mol. The smallest absolute Gasteiger partial charge is 0.182 e. The highest BCUT2D eigenvalue weighted by atomic mass is 19.2. The van der Waals surface area contributed by atoms with Gasteiger partial charge in [-0.1, -0.05) is 24.2 Å². The highest BCUT2D eigenvalue weighted by molar-refractivity contribution is 6.10. The lowest BCUT2D eigenvalue weighted by atomic mass is 9.75. The SMILES string of the molecule is CC1CC=CC2=C1C1(CCN(Cc3cnc(/C(=N/O)c4ccc(F)c(F)c4)nc3)CC1)OC2. The van der Waals surface area contributed by atoms with Gasteiger partial charge < -0.3 is 9.94 Å². The van der Waals surface area contributed by atoms with E-state index < -0.39 is 11.6 Å². The van der Waals surface area contributed by atoms with Crippen LogP contribution in [0.5, 0.6) is 0 Å². The van der Waals surface area contributed by atoms with Gasteiger partial charge >= 0.3 is 0 Å². The Balaban J connectivity index is 1.24. The molecule has 1 fully saturated rings. The van der Waals surface area contributed by atoms with E-state index in [9.17, 15) is 14.0 Å². The number of hydrogen-bond donors (Lipinski definition) is 1. The quantitative estimate of drug-likeness (QED) is 0.427. The number of rotatable bonds is 4. The Hall–Kier alpha value is -2.97. The number of ether oxygens (including phenoxy) is 1. The van der Waals surface area contributed by atoms with Crippen molar-refractivity contribution in [2.75, 3.05) is 19.7 Å². The molecular formula is C25H26F2N4O2. The first-order valence-corrected chi connectivity index (χ1v) is 11.2. The summed E-state index contributed by atoms with van der Waals surface area (Å²) in [6, 6.07) is 3.26. The van der Waals surface area contributed by atoms with Gasteiger partial charge in [0.15, 0.2) is 23.2 Å². The van der Waals surface area contributed by atoms with Gasteiger partial charge in [0.05, 0.1) is 12.2 Å². The molecule has 0 amide bonds. The first-order valence-electron chi connectivity index (χ1n) is 11.2. The number of halogens is 2. The summed E-state index contributed by atoms with van der Waals surface area (Å²) in [6.45, 7) is 5.57. The molecule has 1 atom stereocenters. The van der Waals surface area contributed by atoms with Crippen LogP contribution in [0.3, 0.4) is 0 Å². The van der Waals surface area contributed by atoms with Crippen LogP contribution in [0.2, 0.25) is 0 Å². The lowest BCUT2D eigenvalue weighted by Crippen LogP contribution is -2.46. The summed E-state index contributed by atoms with van der Waals surface area (Å²) in [7, 11) is 0. The Morgan fingerprint density at radius 3 is 2.67 bits per heavy atom. The minimum absolute atomic E-state index is 0.0153. The maximum absolute atomic E-state index is 13.6. The minimum Gasteiger partial charge on any atom is -0.410 e. The predicted octanol–water partition coefficient (Wildman–Crippen LogP) is 4.24. The van der Waals surface area contributed by atoms with E-state index in [4.69, 9.17) is 4.74 Å².